The average molecular weight is 473 g/mol. The SMILES string of the molecule is CCNC(=NCC(C)Oc1ccccc1OC)NCCc1ccco1.I. The van der Waals surface area contributed by atoms with E-state index in [0.29, 0.717) is 6.54 Å². The third kappa shape index (κ3) is 7.55. The average Bonchev–Trinajstić information content (AvgIpc) is 3.13. The summed E-state index contributed by atoms with van der Waals surface area (Å²) < 4.78 is 16.6. The van der Waals surface area contributed by atoms with Gasteiger partial charge in [0.05, 0.1) is 19.9 Å². The van der Waals surface area contributed by atoms with Gasteiger partial charge < -0.3 is 24.5 Å². The molecule has 1 unspecified atom stereocenters. The summed E-state index contributed by atoms with van der Waals surface area (Å²) in [6.45, 7) is 6.12. The van der Waals surface area contributed by atoms with E-state index in [2.05, 4.69) is 15.6 Å². The summed E-state index contributed by atoms with van der Waals surface area (Å²) in [4.78, 5) is 4.58. The lowest BCUT2D eigenvalue weighted by Crippen LogP contribution is -2.39. The molecular formula is C19H28IN3O3. The molecule has 2 N–H and O–H groups in total. The number of ether oxygens (including phenoxy) is 2. The highest BCUT2D eigenvalue weighted by Crippen LogP contribution is 2.26. The second kappa shape index (κ2) is 12.5. The van der Waals surface area contributed by atoms with Crippen LogP contribution in [0.1, 0.15) is 19.6 Å². The van der Waals surface area contributed by atoms with Crippen LogP contribution in [0.5, 0.6) is 11.5 Å². The number of aliphatic imine (C=N–C) groups is 1. The second-order valence-electron chi connectivity index (χ2n) is 5.56. The summed E-state index contributed by atoms with van der Waals surface area (Å²) in [5.41, 5.74) is 0. The molecule has 26 heavy (non-hydrogen) atoms. The van der Waals surface area contributed by atoms with Crippen LogP contribution < -0.4 is 20.1 Å². The Hall–Kier alpha value is -1.90. The van der Waals surface area contributed by atoms with E-state index in [9.17, 15) is 0 Å². The lowest BCUT2D eigenvalue weighted by atomic mass is 10.3. The number of para-hydroxylation sites is 2. The zero-order valence-corrected chi connectivity index (χ0v) is 17.9. The summed E-state index contributed by atoms with van der Waals surface area (Å²) in [5, 5.41) is 6.53. The third-order valence-corrected chi connectivity index (χ3v) is 3.49. The number of benzene rings is 1. The molecule has 0 aliphatic rings. The maximum absolute atomic E-state index is 5.93. The van der Waals surface area contributed by atoms with Gasteiger partial charge in [-0.05, 0) is 38.1 Å². The molecule has 0 amide bonds. The predicted octanol–water partition coefficient (Wildman–Crippen LogP) is 3.47. The predicted molar refractivity (Wildman–Crippen MR) is 115 cm³/mol. The molecule has 0 saturated heterocycles. The van der Waals surface area contributed by atoms with Gasteiger partial charge in [-0.3, -0.25) is 0 Å². The quantitative estimate of drug-likeness (QED) is 0.332. The summed E-state index contributed by atoms with van der Waals surface area (Å²) in [5.74, 6) is 3.17. The Kier molecular flexibility index (Phi) is 10.6. The number of nitrogens with one attached hydrogen (secondary N) is 2. The Labute approximate surface area is 172 Å². The highest BCUT2D eigenvalue weighted by molar-refractivity contribution is 14.0. The molecule has 0 aliphatic heterocycles. The lowest BCUT2D eigenvalue weighted by molar-refractivity contribution is 0.219. The lowest BCUT2D eigenvalue weighted by Gasteiger charge is -2.16. The molecule has 2 aromatic rings. The molecular weight excluding hydrogens is 445 g/mol. The molecule has 0 spiro atoms. The molecule has 0 fully saturated rings. The van der Waals surface area contributed by atoms with E-state index >= 15 is 0 Å². The number of methoxy groups -OCH3 is 1. The van der Waals surface area contributed by atoms with Crippen molar-refractivity contribution in [3.8, 4) is 11.5 Å². The van der Waals surface area contributed by atoms with Crippen LogP contribution in [-0.2, 0) is 6.42 Å². The largest absolute Gasteiger partial charge is 0.493 e. The molecule has 1 heterocycles. The molecule has 1 aromatic carbocycles. The van der Waals surface area contributed by atoms with Gasteiger partial charge in [-0.1, -0.05) is 12.1 Å². The highest BCUT2D eigenvalue weighted by Gasteiger charge is 2.08. The fourth-order valence-corrected chi connectivity index (χ4v) is 2.29. The fraction of sp³-hybridized carbons (Fsp3) is 0.421. The van der Waals surface area contributed by atoms with Gasteiger partial charge in [0.2, 0.25) is 0 Å². The molecule has 0 saturated carbocycles. The summed E-state index contributed by atoms with van der Waals surface area (Å²) in [6, 6.07) is 11.5. The van der Waals surface area contributed by atoms with Gasteiger partial charge in [0.1, 0.15) is 11.9 Å². The van der Waals surface area contributed by atoms with Crippen LogP contribution in [0, 0.1) is 0 Å². The van der Waals surface area contributed by atoms with Crippen molar-refractivity contribution in [1.29, 1.82) is 0 Å². The zero-order valence-electron chi connectivity index (χ0n) is 15.5. The fourth-order valence-electron chi connectivity index (χ4n) is 2.29. The monoisotopic (exact) mass is 473 g/mol. The van der Waals surface area contributed by atoms with E-state index in [1.807, 2.05) is 50.2 Å². The Morgan fingerprint density at radius 2 is 1.92 bits per heavy atom. The van der Waals surface area contributed by atoms with Gasteiger partial charge in [0.15, 0.2) is 17.5 Å². The van der Waals surface area contributed by atoms with Crippen molar-refractivity contribution in [3.63, 3.8) is 0 Å². The number of hydrogen-bond donors (Lipinski definition) is 2. The van der Waals surface area contributed by atoms with Crippen molar-refractivity contribution < 1.29 is 13.9 Å². The zero-order chi connectivity index (χ0) is 17.9. The highest BCUT2D eigenvalue weighted by atomic mass is 127. The number of guanidine groups is 1. The van der Waals surface area contributed by atoms with E-state index < -0.39 is 0 Å². The van der Waals surface area contributed by atoms with Crippen LogP contribution in [0.4, 0.5) is 0 Å². The molecule has 0 bridgehead atoms. The van der Waals surface area contributed by atoms with Crippen molar-refractivity contribution >= 4 is 29.9 Å². The van der Waals surface area contributed by atoms with E-state index in [1.54, 1.807) is 13.4 Å². The number of rotatable bonds is 9. The number of halogens is 1. The molecule has 0 aliphatic carbocycles. The minimum absolute atomic E-state index is 0. The third-order valence-electron chi connectivity index (χ3n) is 3.49. The second-order valence-corrected chi connectivity index (χ2v) is 5.56. The van der Waals surface area contributed by atoms with Crippen molar-refractivity contribution in [2.45, 2.75) is 26.4 Å². The molecule has 144 valence electrons. The van der Waals surface area contributed by atoms with Gasteiger partial charge >= 0.3 is 0 Å². The number of nitrogens with zero attached hydrogens (tertiary/aromatic N) is 1. The van der Waals surface area contributed by atoms with Crippen LogP contribution >= 0.6 is 24.0 Å². The van der Waals surface area contributed by atoms with Crippen LogP contribution in [-0.4, -0.2) is 38.8 Å². The van der Waals surface area contributed by atoms with E-state index in [-0.39, 0.29) is 30.1 Å². The minimum atomic E-state index is -0.0724. The summed E-state index contributed by atoms with van der Waals surface area (Å²) in [7, 11) is 1.64. The first-order valence-electron chi connectivity index (χ1n) is 8.57. The van der Waals surface area contributed by atoms with Crippen LogP contribution in [0.3, 0.4) is 0 Å². The van der Waals surface area contributed by atoms with Crippen LogP contribution in [0.2, 0.25) is 0 Å². The first-order chi connectivity index (χ1) is 12.2. The normalized spacial score (nSPS) is 12.0. The van der Waals surface area contributed by atoms with Crippen molar-refractivity contribution in [2.75, 3.05) is 26.7 Å². The Balaban J connectivity index is 0.00000338. The summed E-state index contributed by atoms with van der Waals surface area (Å²) >= 11 is 0. The first-order valence-corrected chi connectivity index (χ1v) is 8.57. The van der Waals surface area contributed by atoms with E-state index in [1.165, 1.54) is 0 Å². The topological polar surface area (TPSA) is 68.0 Å². The van der Waals surface area contributed by atoms with Crippen molar-refractivity contribution in [3.05, 3.63) is 48.4 Å². The van der Waals surface area contributed by atoms with E-state index in [4.69, 9.17) is 13.9 Å². The molecule has 2 rings (SSSR count). The smallest absolute Gasteiger partial charge is 0.191 e. The van der Waals surface area contributed by atoms with Gasteiger partial charge in [-0.2, -0.15) is 0 Å². The van der Waals surface area contributed by atoms with Crippen molar-refractivity contribution in [1.82, 2.24) is 10.6 Å². The molecule has 7 heteroatoms. The van der Waals surface area contributed by atoms with Gasteiger partial charge in [-0.25, -0.2) is 4.99 Å². The maximum Gasteiger partial charge on any atom is 0.191 e. The number of furan rings is 1. The molecule has 1 atom stereocenters. The maximum atomic E-state index is 5.93. The Morgan fingerprint density at radius 3 is 2.58 bits per heavy atom. The van der Waals surface area contributed by atoms with E-state index in [0.717, 1.165) is 42.7 Å². The van der Waals surface area contributed by atoms with Gasteiger partial charge in [0.25, 0.3) is 0 Å². The van der Waals surface area contributed by atoms with Gasteiger partial charge in [0, 0.05) is 19.5 Å². The van der Waals surface area contributed by atoms with Crippen LogP contribution in [0.25, 0.3) is 0 Å². The minimum Gasteiger partial charge on any atom is -0.493 e. The standard InChI is InChI=1S/C19H27N3O3.HI/c1-4-20-19(21-12-11-16-8-7-13-24-16)22-14-15(2)25-18-10-6-5-9-17(18)23-3;/h5-10,13,15H,4,11-12,14H2,1-3H3,(H2,20,21,22);1H. The first kappa shape index (κ1) is 22.1. The number of hydrogen-bond acceptors (Lipinski definition) is 4. The Morgan fingerprint density at radius 1 is 1.15 bits per heavy atom. The van der Waals surface area contributed by atoms with Crippen LogP contribution in [0.15, 0.2) is 52.1 Å². The molecule has 1 aromatic heterocycles. The summed E-state index contributed by atoms with van der Waals surface area (Å²) in [6.07, 6.45) is 2.42. The Bertz CT molecular complexity index is 647. The van der Waals surface area contributed by atoms with Gasteiger partial charge in [-0.15, -0.1) is 24.0 Å². The molecule has 0 radical (unpaired) electrons. The van der Waals surface area contributed by atoms with Crippen molar-refractivity contribution in [2.24, 2.45) is 4.99 Å². The molecule has 6 nitrogen and oxygen atoms in total.